The molecule has 3 aromatic rings. The first kappa shape index (κ1) is 16.8. The summed E-state index contributed by atoms with van der Waals surface area (Å²) in [6.45, 7) is 6.37. The lowest BCUT2D eigenvalue weighted by Gasteiger charge is -2.27. The number of aromatic nitrogens is 5. The average molecular weight is 348 g/mol. The first-order valence-electron chi connectivity index (χ1n) is 9.26. The van der Waals surface area contributed by atoms with E-state index in [1.807, 2.05) is 41.3 Å². The summed E-state index contributed by atoms with van der Waals surface area (Å²) in [5.41, 5.74) is 1.15. The van der Waals surface area contributed by atoms with Gasteiger partial charge in [-0.2, -0.15) is 4.68 Å². The second-order valence-corrected chi connectivity index (χ2v) is 7.01. The molecule has 6 nitrogen and oxygen atoms in total. The molecule has 26 heavy (non-hydrogen) atoms. The minimum Gasteiger partial charge on any atom is -0.290 e. The standard InChI is InChI=1S/C20H24N6/c1-15(2)19-23-20(26(24-19)17-9-3-4-11-22-17)18(25-12-5-6-13-25)16-8-7-10-21-14-16/h3-4,7-11,14-15,18H,5-6,12-13H2,1-2H3/t18-/m1/s1. The minimum absolute atomic E-state index is 0.0354. The number of nitrogens with zero attached hydrogens (tertiary/aromatic N) is 6. The molecular formula is C20H24N6. The second kappa shape index (κ2) is 7.33. The van der Waals surface area contributed by atoms with E-state index in [-0.39, 0.29) is 12.0 Å². The van der Waals surface area contributed by atoms with Gasteiger partial charge in [-0.15, -0.1) is 5.10 Å². The molecule has 0 spiro atoms. The Balaban J connectivity index is 1.87. The average Bonchev–Trinajstić information content (AvgIpc) is 3.34. The normalized spacial score (nSPS) is 16.3. The monoisotopic (exact) mass is 348 g/mol. The van der Waals surface area contributed by atoms with Crippen molar-refractivity contribution >= 4 is 0 Å². The van der Waals surface area contributed by atoms with Gasteiger partial charge in [-0.3, -0.25) is 9.88 Å². The summed E-state index contributed by atoms with van der Waals surface area (Å²) in [5.74, 6) is 2.82. The van der Waals surface area contributed by atoms with Crippen molar-refractivity contribution in [3.8, 4) is 5.82 Å². The molecule has 4 heterocycles. The maximum Gasteiger partial charge on any atom is 0.156 e. The lowest BCUT2D eigenvalue weighted by molar-refractivity contribution is 0.268. The molecule has 0 amide bonds. The number of hydrogen-bond acceptors (Lipinski definition) is 5. The molecule has 3 aromatic heterocycles. The number of rotatable bonds is 5. The van der Waals surface area contributed by atoms with E-state index in [1.165, 1.54) is 12.8 Å². The van der Waals surface area contributed by atoms with Crippen molar-refractivity contribution < 1.29 is 0 Å². The van der Waals surface area contributed by atoms with Gasteiger partial charge in [-0.25, -0.2) is 9.97 Å². The van der Waals surface area contributed by atoms with Gasteiger partial charge in [0.15, 0.2) is 17.5 Å². The maximum absolute atomic E-state index is 4.95. The van der Waals surface area contributed by atoms with Crippen molar-refractivity contribution in [2.45, 2.75) is 38.6 Å². The smallest absolute Gasteiger partial charge is 0.156 e. The van der Waals surface area contributed by atoms with Crippen molar-refractivity contribution in [3.05, 3.63) is 66.1 Å². The van der Waals surface area contributed by atoms with Crippen LogP contribution in [-0.2, 0) is 0 Å². The SMILES string of the molecule is CC(C)c1nc([C@@H](c2cccnc2)N2CCCC2)n(-c2ccccn2)n1. The summed E-state index contributed by atoms with van der Waals surface area (Å²) in [7, 11) is 0. The maximum atomic E-state index is 4.95. The number of likely N-dealkylation sites (tertiary alicyclic amines) is 1. The Morgan fingerprint density at radius 3 is 2.50 bits per heavy atom. The summed E-state index contributed by atoms with van der Waals surface area (Å²) in [6.07, 6.45) is 7.98. The summed E-state index contributed by atoms with van der Waals surface area (Å²) in [6, 6.07) is 10.0. The number of hydrogen-bond donors (Lipinski definition) is 0. The molecule has 0 bridgehead atoms. The quantitative estimate of drug-likeness (QED) is 0.707. The Morgan fingerprint density at radius 1 is 1.00 bits per heavy atom. The zero-order valence-corrected chi connectivity index (χ0v) is 15.3. The van der Waals surface area contributed by atoms with E-state index in [9.17, 15) is 0 Å². The van der Waals surface area contributed by atoms with Crippen LogP contribution >= 0.6 is 0 Å². The lowest BCUT2D eigenvalue weighted by atomic mass is 10.1. The van der Waals surface area contributed by atoms with Gasteiger partial charge in [-0.05, 0) is 49.7 Å². The molecule has 0 aliphatic carbocycles. The third kappa shape index (κ3) is 3.24. The summed E-state index contributed by atoms with van der Waals surface area (Å²) in [5, 5.41) is 4.79. The van der Waals surface area contributed by atoms with E-state index in [0.29, 0.717) is 0 Å². The van der Waals surface area contributed by atoms with Crippen LogP contribution in [0.2, 0.25) is 0 Å². The fourth-order valence-corrected chi connectivity index (χ4v) is 3.47. The highest BCUT2D eigenvalue weighted by Crippen LogP contribution is 2.32. The first-order valence-corrected chi connectivity index (χ1v) is 9.26. The van der Waals surface area contributed by atoms with Crippen molar-refractivity contribution in [2.24, 2.45) is 0 Å². The summed E-state index contributed by atoms with van der Waals surface area (Å²) < 4.78 is 1.91. The van der Waals surface area contributed by atoms with E-state index in [1.54, 1.807) is 6.20 Å². The van der Waals surface area contributed by atoms with Crippen LogP contribution < -0.4 is 0 Å². The Hall–Kier alpha value is -2.60. The molecule has 4 rings (SSSR count). The van der Waals surface area contributed by atoms with Gasteiger partial charge in [0.1, 0.15) is 0 Å². The molecule has 1 fully saturated rings. The van der Waals surface area contributed by atoms with Crippen LogP contribution in [0.5, 0.6) is 0 Å². The zero-order valence-electron chi connectivity index (χ0n) is 15.3. The third-order valence-electron chi connectivity index (χ3n) is 4.78. The highest BCUT2D eigenvalue weighted by molar-refractivity contribution is 5.29. The Morgan fingerprint density at radius 2 is 1.85 bits per heavy atom. The molecule has 0 aromatic carbocycles. The fourth-order valence-electron chi connectivity index (χ4n) is 3.47. The Kier molecular flexibility index (Phi) is 4.75. The minimum atomic E-state index is 0.0354. The molecule has 0 N–H and O–H groups in total. The van der Waals surface area contributed by atoms with E-state index in [4.69, 9.17) is 10.1 Å². The predicted molar refractivity (Wildman–Crippen MR) is 100 cm³/mol. The Labute approximate surface area is 153 Å². The highest BCUT2D eigenvalue weighted by atomic mass is 15.4. The van der Waals surface area contributed by atoms with E-state index in [2.05, 4.69) is 34.8 Å². The van der Waals surface area contributed by atoms with E-state index in [0.717, 1.165) is 36.1 Å². The molecule has 1 atom stereocenters. The van der Waals surface area contributed by atoms with Crippen LogP contribution in [0, 0.1) is 0 Å². The van der Waals surface area contributed by atoms with Crippen LogP contribution in [0.3, 0.4) is 0 Å². The van der Waals surface area contributed by atoms with Crippen LogP contribution in [0.4, 0.5) is 0 Å². The van der Waals surface area contributed by atoms with Gasteiger partial charge in [0.25, 0.3) is 0 Å². The summed E-state index contributed by atoms with van der Waals surface area (Å²) >= 11 is 0. The van der Waals surface area contributed by atoms with Gasteiger partial charge >= 0.3 is 0 Å². The molecule has 1 aliphatic rings. The van der Waals surface area contributed by atoms with Gasteiger partial charge in [0, 0.05) is 24.5 Å². The number of pyridine rings is 2. The van der Waals surface area contributed by atoms with Crippen LogP contribution in [0.1, 0.15) is 55.9 Å². The lowest BCUT2D eigenvalue weighted by Crippen LogP contribution is -2.29. The first-order chi connectivity index (χ1) is 12.7. The van der Waals surface area contributed by atoms with Gasteiger partial charge < -0.3 is 0 Å². The van der Waals surface area contributed by atoms with Crippen molar-refractivity contribution in [2.75, 3.05) is 13.1 Å². The van der Waals surface area contributed by atoms with Crippen LogP contribution in [0.25, 0.3) is 5.82 Å². The fraction of sp³-hybridized carbons (Fsp3) is 0.400. The molecule has 6 heteroatoms. The molecule has 0 radical (unpaired) electrons. The van der Waals surface area contributed by atoms with Gasteiger partial charge in [-0.1, -0.05) is 26.0 Å². The van der Waals surface area contributed by atoms with E-state index >= 15 is 0 Å². The predicted octanol–water partition coefficient (Wildman–Crippen LogP) is 3.37. The topological polar surface area (TPSA) is 59.7 Å². The van der Waals surface area contributed by atoms with E-state index < -0.39 is 0 Å². The summed E-state index contributed by atoms with van der Waals surface area (Å²) in [4.78, 5) is 16.3. The largest absolute Gasteiger partial charge is 0.290 e. The Bertz CT molecular complexity index is 837. The molecular weight excluding hydrogens is 324 g/mol. The highest BCUT2D eigenvalue weighted by Gasteiger charge is 2.31. The molecule has 0 saturated carbocycles. The van der Waals surface area contributed by atoms with Crippen LogP contribution in [-0.4, -0.2) is 42.7 Å². The second-order valence-electron chi connectivity index (χ2n) is 7.01. The van der Waals surface area contributed by atoms with Crippen molar-refractivity contribution in [3.63, 3.8) is 0 Å². The van der Waals surface area contributed by atoms with Gasteiger partial charge in [0.05, 0.1) is 6.04 Å². The van der Waals surface area contributed by atoms with Crippen molar-refractivity contribution in [1.29, 1.82) is 0 Å². The molecule has 0 unspecified atom stereocenters. The molecule has 1 aliphatic heterocycles. The zero-order chi connectivity index (χ0) is 17.9. The van der Waals surface area contributed by atoms with Crippen LogP contribution in [0.15, 0.2) is 48.9 Å². The molecule has 1 saturated heterocycles. The van der Waals surface area contributed by atoms with Crippen molar-refractivity contribution in [1.82, 2.24) is 29.6 Å². The third-order valence-corrected chi connectivity index (χ3v) is 4.78. The molecule has 134 valence electrons. The van der Waals surface area contributed by atoms with Gasteiger partial charge in [0.2, 0.25) is 0 Å².